The number of nitrogens with zero attached hydrogens (tertiary/aromatic N) is 3. The van der Waals surface area contributed by atoms with Gasteiger partial charge in [-0.2, -0.15) is 0 Å². The van der Waals surface area contributed by atoms with Crippen LogP contribution >= 0.6 is 0 Å². The molecule has 34 heavy (non-hydrogen) atoms. The topological polar surface area (TPSA) is 104 Å². The minimum absolute atomic E-state index is 0.0200. The monoisotopic (exact) mass is 491 g/mol. The Balaban J connectivity index is 1.49. The van der Waals surface area contributed by atoms with Gasteiger partial charge in [0.2, 0.25) is 10.0 Å². The summed E-state index contributed by atoms with van der Waals surface area (Å²) in [6.45, 7) is 0.737. The van der Waals surface area contributed by atoms with E-state index < -0.39 is 27.5 Å². The van der Waals surface area contributed by atoms with E-state index in [-0.39, 0.29) is 34.4 Å². The molecule has 0 atom stereocenters. The summed E-state index contributed by atoms with van der Waals surface area (Å²) in [6.07, 6.45) is 2.28. The van der Waals surface area contributed by atoms with Crippen LogP contribution in [-0.2, 0) is 10.0 Å². The van der Waals surface area contributed by atoms with Gasteiger partial charge in [0.25, 0.3) is 5.89 Å². The van der Waals surface area contributed by atoms with Gasteiger partial charge in [0.05, 0.1) is 23.0 Å². The summed E-state index contributed by atoms with van der Waals surface area (Å²) in [4.78, 5) is 2.93. The van der Waals surface area contributed by atoms with Gasteiger partial charge in [-0.25, -0.2) is 25.9 Å². The van der Waals surface area contributed by atoms with Crippen LogP contribution in [0.25, 0.3) is 33.6 Å². The van der Waals surface area contributed by atoms with E-state index in [4.69, 9.17) is 4.42 Å². The van der Waals surface area contributed by atoms with E-state index in [9.17, 15) is 21.6 Å². The van der Waals surface area contributed by atoms with Crippen LogP contribution in [0.15, 0.2) is 40.8 Å². The number of hydrogen-bond donors (Lipinski definition) is 2. The summed E-state index contributed by atoms with van der Waals surface area (Å²) < 4.78 is 72.6. The average Bonchev–Trinajstić information content (AvgIpc) is 3.38. The maximum absolute atomic E-state index is 14.5. The molecule has 0 aliphatic carbocycles. The van der Waals surface area contributed by atoms with Crippen molar-refractivity contribution in [1.29, 1.82) is 0 Å². The van der Waals surface area contributed by atoms with Gasteiger partial charge in [-0.3, -0.25) is 0 Å². The van der Waals surface area contributed by atoms with Crippen LogP contribution in [0, 0.1) is 17.5 Å². The van der Waals surface area contributed by atoms with E-state index in [0.29, 0.717) is 37.2 Å². The van der Waals surface area contributed by atoms with Gasteiger partial charge in [-0.1, -0.05) is 5.10 Å². The highest BCUT2D eigenvalue weighted by Crippen LogP contribution is 2.39. The zero-order valence-corrected chi connectivity index (χ0v) is 18.8. The molecule has 2 aromatic heterocycles. The number of H-pyrrole nitrogens is 1. The third kappa shape index (κ3) is 4.26. The number of sulfonamides is 1. The number of aromatic nitrogens is 3. The first-order valence-corrected chi connectivity index (χ1v) is 12.4. The van der Waals surface area contributed by atoms with Crippen molar-refractivity contribution in [2.75, 3.05) is 24.7 Å². The summed E-state index contributed by atoms with van der Waals surface area (Å²) in [7, 11) is -3.24. The lowest BCUT2D eigenvalue weighted by Gasteiger charge is -2.30. The lowest BCUT2D eigenvalue weighted by atomic mass is 10.0. The molecule has 1 fully saturated rings. The molecule has 1 aliphatic heterocycles. The third-order valence-electron chi connectivity index (χ3n) is 5.85. The molecule has 0 saturated carbocycles. The van der Waals surface area contributed by atoms with Crippen molar-refractivity contribution < 1.29 is 26.0 Å². The molecule has 8 nitrogen and oxygen atoms in total. The normalized spacial score (nSPS) is 15.8. The Labute approximate surface area is 192 Å². The fourth-order valence-electron chi connectivity index (χ4n) is 4.16. The molecule has 0 unspecified atom stereocenters. The van der Waals surface area contributed by atoms with Crippen molar-refractivity contribution in [3.05, 3.63) is 53.8 Å². The van der Waals surface area contributed by atoms with Crippen molar-refractivity contribution in [2.45, 2.75) is 18.9 Å². The number of halogens is 3. The predicted molar refractivity (Wildman–Crippen MR) is 120 cm³/mol. The van der Waals surface area contributed by atoms with Crippen molar-refractivity contribution >= 4 is 26.9 Å². The van der Waals surface area contributed by atoms with Crippen LogP contribution in [-0.4, -0.2) is 53.3 Å². The second-order valence-corrected chi connectivity index (χ2v) is 10.2. The Kier molecular flexibility index (Phi) is 5.56. The number of fused-ring (bicyclic) bond motifs is 1. The standard InChI is InChI=1S/C22H20F3N5O3S/c1-34(31,32)30-8-6-15(7-9-30)26-22-29-28-21(33-22)18-16-10-14(24)11-17(25)20(16)27-19(18)12-2-4-13(23)5-3-12/h2-5,10-11,15,27H,6-9H2,1H3,(H,26,29). The quantitative estimate of drug-likeness (QED) is 0.435. The van der Waals surface area contributed by atoms with Gasteiger partial charge in [0.15, 0.2) is 0 Å². The van der Waals surface area contributed by atoms with Crippen LogP contribution in [0.2, 0.25) is 0 Å². The van der Waals surface area contributed by atoms with Crippen molar-refractivity contribution in [2.24, 2.45) is 0 Å². The minimum Gasteiger partial charge on any atom is -0.403 e. The molecule has 0 spiro atoms. The minimum atomic E-state index is -3.24. The summed E-state index contributed by atoms with van der Waals surface area (Å²) in [5, 5.41) is 11.4. The fraction of sp³-hybridized carbons (Fsp3) is 0.273. The lowest BCUT2D eigenvalue weighted by molar-refractivity contribution is 0.329. The molecule has 1 aliphatic rings. The Morgan fingerprint density at radius 1 is 1.06 bits per heavy atom. The average molecular weight is 491 g/mol. The second-order valence-electron chi connectivity index (χ2n) is 8.19. The van der Waals surface area contributed by atoms with Crippen LogP contribution in [0.5, 0.6) is 0 Å². The molecule has 2 N–H and O–H groups in total. The molecule has 0 amide bonds. The van der Waals surface area contributed by atoms with E-state index in [0.717, 1.165) is 12.1 Å². The number of rotatable bonds is 5. The van der Waals surface area contributed by atoms with Gasteiger partial charge in [0, 0.05) is 30.6 Å². The molecule has 5 rings (SSSR count). The first-order chi connectivity index (χ1) is 16.2. The van der Waals surface area contributed by atoms with Crippen molar-refractivity contribution in [3.63, 3.8) is 0 Å². The summed E-state index contributed by atoms with van der Waals surface area (Å²) in [6, 6.07) is 7.46. The molecule has 0 bridgehead atoms. The maximum Gasteiger partial charge on any atom is 0.315 e. The number of anilines is 1. The Morgan fingerprint density at radius 2 is 1.76 bits per heavy atom. The smallest absolute Gasteiger partial charge is 0.315 e. The van der Waals surface area contributed by atoms with E-state index in [1.54, 1.807) is 0 Å². The second kappa shape index (κ2) is 8.44. The van der Waals surface area contributed by atoms with Crippen molar-refractivity contribution in [1.82, 2.24) is 19.5 Å². The lowest BCUT2D eigenvalue weighted by Crippen LogP contribution is -2.41. The molecule has 3 heterocycles. The van der Waals surface area contributed by atoms with Gasteiger partial charge in [0.1, 0.15) is 17.5 Å². The number of piperidine rings is 1. The number of hydrogen-bond acceptors (Lipinski definition) is 6. The first-order valence-electron chi connectivity index (χ1n) is 10.5. The van der Waals surface area contributed by atoms with Gasteiger partial charge in [-0.15, -0.1) is 5.10 Å². The number of aromatic amines is 1. The molecule has 2 aromatic carbocycles. The molecule has 178 valence electrons. The molecule has 12 heteroatoms. The van der Waals surface area contributed by atoms with Gasteiger partial charge < -0.3 is 14.7 Å². The van der Waals surface area contributed by atoms with Crippen LogP contribution in [0.4, 0.5) is 19.2 Å². The molecule has 0 radical (unpaired) electrons. The van der Waals surface area contributed by atoms with E-state index in [2.05, 4.69) is 20.5 Å². The van der Waals surface area contributed by atoms with Gasteiger partial charge >= 0.3 is 6.01 Å². The summed E-state index contributed by atoms with van der Waals surface area (Å²) in [5.41, 5.74) is 1.23. The highest BCUT2D eigenvalue weighted by Gasteiger charge is 2.27. The van der Waals surface area contributed by atoms with Crippen LogP contribution < -0.4 is 5.32 Å². The maximum atomic E-state index is 14.5. The van der Waals surface area contributed by atoms with Crippen LogP contribution in [0.3, 0.4) is 0 Å². The summed E-state index contributed by atoms with van der Waals surface area (Å²) >= 11 is 0. The van der Waals surface area contributed by atoms with E-state index in [1.165, 1.54) is 34.8 Å². The Hall–Kier alpha value is -3.38. The molecule has 1 saturated heterocycles. The SMILES string of the molecule is CS(=O)(=O)N1CCC(Nc2nnc(-c3c(-c4ccc(F)cc4)[nH]c4c(F)cc(F)cc34)o2)CC1. The zero-order valence-electron chi connectivity index (χ0n) is 18.0. The zero-order chi connectivity index (χ0) is 24.0. The highest BCUT2D eigenvalue weighted by atomic mass is 32.2. The highest BCUT2D eigenvalue weighted by molar-refractivity contribution is 7.88. The third-order valence-corrected chi connectivity index (χ3v) is 7.15. The Bertz CT molecular complexity index is 1460. The van der Waals surface area contributed by atoms with E-state index >= 15 is 0 Å². The van der Waals surface area contributed by atoms with Gasteiger partial charge in [-0.05, 0) is 48.7 Å². The Morgan fingerprint density at radius 3 is 2.44 bits per heavy atom. The van der Waals surface area contributed by atoms with Crippen LogP contribution in [0.1, 0.15) is 12.8 Å². The number of benzene rings is 2. The largest absolute Gasteiger partial charge is 0.403 e. The summed E-state index contributed by atoms with van der Waals surface area (Å²) in [5.74, 6) is -1.98. The van der Waals surface area contributed by atoms with E-state index in [1.807, 2.05) is 0 Å². The van der Waals surface area contributed by atoms with Crippen molar-refractivity contribution in [3.8, 4) is 22.7 Å². The number of nitrogens with one attached hydrogen (secondary N) is 2. The molecule has 4 aromatic rings. The fourth-order valence-corrected chi connectivity index (χ4v) is 5.04. The molecular formula is C22H20F3N5O3S. The first kappa shape index (κ1) is 22.4. The molecular weight excluding hydrogens is 471 g/mol. The predicted octanol–water partition coefficient (Wildman–Crippen LogP) is 4.14.